The minimum absolute atomic E-state index is 0.0817. The van der Waals surface area contributed by atoms with E-state index < -0.39 is 0 Å². The molecule has 0 aliphatic carbocycles. The first-order chi connectivity index (χ1) is 14.8. The number of rotatable bonds is 6. The highest BCUT2D eigenvalue weighted by Crippen LogP contribution is 2.26. The Morgan fingerprint density at radius 1 is 1.16 bits per heavy atom. The third-order valence-electron chi connectivity index (χ3n) is 5.81. The zero-order chi connectivity index (χ0) is 22.4. The molecule has 0 bridgehead atoms. The van der Waals surface area contributed by atoms with Gasteiger partial charge in [0.2, 0.25) is 5.91 Å². The second-order valence-electron chi connectivity index (χ2n) is 9.17. The molecule has 2 saturated heterocycles. The largest absolute Gasteiger partial charge is 0.371 e. The van der Waals surface area contributed by atoms with E-state index in [2.05, 4.69) is 70.9 Å². The number of aliphatic imine (C=N–C) groups is 1. The van der Waals surface area contributed by atoms with Gasteiger partial charge in [0.15, 0.2) is 5.96 Å². The highest BCUT2D eigenvalue weighted by molar-refractivity contribution is 6.01. The van der Waals surface area contributed by atoms with E-state index in [1.165, 1.54) is 16.2 Å². The summed E-state index contributed by atoms with van der Waals surface area (Å²) < 4.78 is 0. The normalized spacial score (nSPS) is 18.4. The molecule has 2 aliphatic rings. The van der Waals surface area contributed by atoms with Gasteiger partial charge < -0.3 is 20.9 Å². The molecule has 3 rings (SSSR count). The van der Waals surface area contributed by atoms with Crippen molar-refractivity contribution in [3.8, 4) is 0 Å². The predicted molar refractivity (Wildman–Crippen MR) is 125 cm³/mol. The summed E-state index contributed by atoms with van der Waals surface area (Å²) in [6, 6.07) is 8.95. The van der Waals surface area contributed by atoms with Crippen LogP contribution in [0, 0.1) is 0 Å². The molecule has 2 fully saturated rings. The molecule has 1 aromatic rings. The van der Waals surface area contributed by atoms with Crippen molar-refractivity contribution in [1.29, 1.82) is 0 Å². The Bertz CT molecular complexity index is 775. The van der Waals surface area contributed by atoms with Crippen molar-refractivity contribution in [2.45, 2.75) is 52.0 Å². The van der Waals surface area contributed by atoms with E-state index >= 15 is 0 Å². The minimum atomic E-state index is -0.332. The molecule has 0 spiro atoms. The molecule has 31 heavy (non-hydrogen) atoms. The number of piperidine rings is 1. The molecule has 8 nitrogen and oxygen atoms in total. The maximum atomic E-state index is 11.7. The van der Waals surface area contributed by atoms with E-state index in [1.807, 2.05) is 6.92 Å². The molecule has 2 aliphatic heterocycles. The molecule has 0 unspecified atom stereocenters. The minimum Gasteiger partial charge on any atom is -0.371 e. The van der Waals surface area contributed by atoms with Gasteiger partial charge in [-0.15, -0.1) is 0 Å². The smallest absolute Gasteiger partial charge is 0.324 e. The average Bonchev–Trinajstić information content (AvgIpc) is 3.06. The van der Waals surface area contributed by atoms with Crippen LogP contribution in [0.4, 0.5) is 10.5 Å². The monoisotopic (exact) mass is 428 g/mol. The molecule has 0 saturated carbocycles. The second-order valence-corrected chi connectivity index (χ2v) is 9.17. The van der Waals surface area contributed by atoms with Crippen LogP contribution in [-0.4, -0.2) is 68.1 Å². The van der Waals surface area contributed by atoms with Crippen molar-refractivity contribution in [2.75, 3.05) is 44.2 Å². The molecule has 0 atom stereocenters. The van der Waals surface area contributed by atoms with E-state index in [-0.39, 0.29) is 23.9 Å². The fraction of sp³-hybridized carbons (Fsp3) is 0.609. The molecule has 8 heteroatoms. The van der Waals surface area contributed by atoms with Crippen molar-refractivity contribution in [1.82, 2.24) is 20.9 Å². The molecule has 0 radical (unpaired) electrons. The summed E-state index contributed by atoms with van der Waals surface area (Å²) in [5.41, 5.74) is 2.80. The summed E-state index contributed by atoms with van der Waals surface area (Å²) in [4.78, 5) is 31.5. The van der Waals surface area contributed by atoms with Crippen LogP contribution >= 0.6 is 0 Å². The van der Waals surface area contributed by atoms with Gasteiger partial charge in [-0.3, -0.25) is 14.7 Å². The van der Waals surface area contributed by atoms with E-state index in [4.69, 9.17) is 0 Å². The third kappa shape index (κ3) is 6.12. The molecule has 2 heterocycles. The Kier molecular flexibility index (Phi) is 7.41. The van der Waals surface area contributed by atoms with Gasteiger partial charge >= 0.3 is 6.03 Å². The number of urea groups is 1. The Morgan fingerprint density at radius 2 is 1.84 bits per heavy atom. The number of imide groups is 1. The van der Waals surface area contributed by atoms with Crippen LogP contribution in [0.1, 0.15) is 46.1 Å². The number of guanidine groups is 1. The highest BCUT2D eigenvalue weighted by atomic mass is 16.2. The first-order valence-corrected chi connectivity index (χ1v) is 11.3. The Morgan fingerprint density at radius 3 is 2.39 bits per heavy atom. The fourth-order valence-corrected chi connectivity index (χ4v) is 3.91. The SMILES string of the molecule is CCNC(=NCCN1C(=O)CNC1=O)NC1CCN(c2ccc(C(C)(C)C)cc2)CC1. The standard InChI is InChI=1S/C23H36N6O2/c1-5-24-21(25-12-15-29-20(30)16-26-22(29)31)27-18-10-13-28(14-11-18)19-8-6-17(7-9-19)23(2,3)4/h6-9,18H,5,10-16H2,1-4H3,(H,26,31)(H2,24,25,27). The first kappa shape index (κ1) is 22.9. The molecule has 3 N–H and O–H groups in total. The van der Waals surface area contributed by atoms with Gasteiger partial charge in [0, 0.05) is 31.4 Å². The van der Waals surface area contributed by atoms with E-state index in [9.17, 15) is 9.59 Å². The summed E-state index contributed by atoms with van der Waals surface area (Å²) in [5.74, 6) is 0.545. The lowest BCUT2D eigenvalue weighted by Gasteiger charge is -2.35. The lowest BCUT2D eigenvalue weighted by Crippen LogP contribution is -2.49. The molecular formula is C23H36N6O2. The Balaban J connectivity index is 1.49. The van der Waals surface area contributed by atoms with Crippen molar-refractivity contribution in [3.05, 3.63) is 29.8 Å². The van der Waals surface area contributed by atoms with Crippen LogP contribution in [0.15, 0.2) is 29.3 Å². The van der Waals surface area contributed by atoms with Crippen LogP contribution in [0.25, 0.3) is 0 Å². The Labute approximate surface area is 185 Å². The quantitative estimate of drug-likeness (QED) is 0.367. The van der Waals surface area contributed by atoms with Gasteiger partial charge in [0.1, 0.15) is 0 Å². The number of anilines is 1. The van der Waals surface area contributed by atoms with E-state index in [0.717, 1.165) is 38.4 Å². The Hall–Kier alpha value is -2.77. The lowest BCUT2D eigenvalue weighted by molar-refractivity contribution is -0.124. The number of hydrogen-bond donors (Lipinski definition) is 3. The summed E-state index contributed by atoms with van der Waals surface area (Å²) in [7, 11) is 0. The molecule has 1 aromatic carbocycles. The van der Waals surface area contributed by atoms with Crippen LogP contribution in [0.5, 0.6) is 0 Å². The van der Waals surface area contributed by atoms with Gasteiger partial charge in [-0.2, -0.15) is 0 Å². The third-order valence-corrected chi connectivity index (χ3v) is 5.81. The van der Waals surface area contributed by atoms with E-state index in [1.54, 1.807) is 0 Å². The fourth-order valence-electron chi connectivity index (χ4n) is 3.91. The van der Waals surface area contributed by atoms with Crippen LogP contribution in [0.3, 0.4) is 0 Å². The van der Waals surface area contributed by atoms with Crippen molar-refractivity contribution in [2.24, 2.45) is 4.99 Å². The zero-order valence-corrected chi connectivity index (χ0v) is 19.2. The van der Waals surface area contributed by atoms with Crippen LogP contribution in [0.2, 0.25) is 0 Å². The lowest BCUT2D eigenvalue weighted by atomic mass is 9.87. The molecule has 170 valence electrons. The average molecular weight is 429 g/mol. The van der Waals surface area contributed by atoms with Crippen LogP contribution < -0.4 is 20.9 Å². The van der Waals surface area contributed by atoms with Gasteiger partial charge in [-0.25, -0.2) is 4.79 Å². The van der Waals surface area contributed by atoms with Crippen LogP contribution in [-0.2, 0) is 10.2 Å². The summed E-state index contributed by atoms with van der Waals surface area (Å²) in [5, 5.41) is 9.31. The maximum absolute atomic E-state index is 11.7. The summed E-state index contributed by atoms with van der Waals surface area (Å²) in [6.07, 6.45) is 2.05. The van der Waals surface area contributed by atoms with Gasteiger partial charge in [-0.05, 0) is 42.9 Å². The summed E-state index contributed by atoms with van der Waals surface area (Å²) in [6.45, 7) is 12.2. The van der Waals surface area contributed by atoms with Gasteiger partial charge in [-0.1, -0.05) is 32.9 Å². The predicted octanol–water partition coefficient (Wildman–Crippen LogP) is 2.06. The number of carbonyl (C=O) groups excluding carboxylic acids is 2. The van der Waals surface area contributed by atoms with Crippen molar-refractivity contribution >= 4 is 23.6 Å². The second kappa shape index (κ2) is 10.0. The van der Waals surface area contributed by atoms with E-state index in [0.29, 0.717) is 19.1 Å². The van der Waals surface area contributed by atoms with Crippen molar-refractivity contribution < 1.29 is 9.59 Å². The molecular weight excluding hydrogens is 392 g/mol. The number of hydrogen-bond acceptors (Lipinski definition) is 4. The zero-order valence-electron chi connectivity index (χ0n) is 19.2. The molecule has 3 amide bonds. The first-order valence-electron chi connectivity index (χ1n) is 11.3. The van der Waals surface area contributed by atoms with Crippen molar-refractivity contribution in [3.63, 3.8) is 0 Å². The maximum Gasteiger partial charge on any atom is 0.324 e. The summed E-state index contributed by atoms with van der Waals surface area (Å²) >= 11 is 0. The number of benzene rings is 1. The number of nitrogens with one attached hydrogen (secondary N) is 3. The number of nitrogens with zero attached hydrogens (tertiary/aromatic N) is 3. The topological polar surface area (TPSA) is 89.1 Å². The number of amides is 3. The highest BCUT2D eigenvalue weighted by Gasteiger charge is 2.27. The van der Waals surface area contributed by atoms with Gasteiger partial charge in [0.05, 0.1) is 19.6 Å². The number of carbonyl (C=O) groups is 2. The molecule has 0 aromatic heterocycles. The van der Waals surface area contributed by atoms with Gasteiger partial charge in [0.25, 0.3) is 0 Å².